The first-order valence-corrected chi connectivity index (χ1v) is 7.36. The van der Waals surface area contributed by atoms with E-state index in [1.807, 2.05) is 37.3 Å². The third-order valence-corrected chi connectivity index (χ3v) is 3.74. The molecule has 4 heteroatoms. The van der Waals surface area contributed by atoms with E-state index in [0.29, 0.717) is 6.61 Å². The molecular formula is C16H24N2O2. The van der Waals surface area contributed by atoms with Gasteiger partial charge in [-0.3, -0.25) is 4.90 Å². The number of ether oxygens (including phenoxy) is 1. The molecule has 110 valence electrons. The topological polar surface area (TPSA) is 32.8 Å². The van der Waals surface area contributed by atoms with Gasteiger partial charge < -0.3 is 9.64 Å². The number of esters is 1. The Morgan fingerprint density at radius 1 is 1.20 bits per heavy atom. The van der Waals surface area contributed by atoms with Crippen LogP contribution < -0.4 is 0 Å². The summed E-state index contributed by atoms with van der Waals surface area (Å²) in [4.78, 5) is 16.9. The summed E-state index contributed by atoms with van der Waals surface area (Å²) in [5.41, 5.74) is 1.02. The molecule has 2 rings (SSSR count). The van der Waals surface area contributed by atoms with Gasteiger partial charge in [0, 0.05) is 19.6 Å². The van der Waals surface area contributed by atoms with E-state index in [1.165, 1.54) is 0 Å². The monoisotopic (exact) mass is 276 g/mol. The molecular weight excluding hydrogens is 252 g/mol. The van der Waals surface area contributed by atoms with Crippen LogP contribution in [0.2, 0.25) is 0 Å². The second-order valence-corrected chi connectivity index (χ2v) is 5.26. The average Bonchev–Trinajstić information content (AvgIpc) is 2.66. The third-order valence-electron chi connectivity index (χ3n) is 3.74. The van der Waals surface area contributed by atoms with Crippen molar-refractivity contribution >= 4 is 5.97 Å². The van der Waals surface area contributed by atoms with Crippen LogP contribution in [-0.4, -0.2) is 55.6 Å². The van der Waals surface area contributed by atoms with Gasteiger partial charge in [-0.25, -0.2) is 4.79 Å². The first kappa shape index (κ1) is 15.0. The van der Waals surface area contributed by atoms with Crippen LogP contribution in [0.3, 0.4) is 0 Å². The summed E-state index contributed by atoms with van der Waals surface area (Å²) in [5, 5.41) is 0. The molecule has 1 fully saturated rings. The minimum absolute atomic E-state index is 0.136. The van der Waals surface area contributed by atoms with Crippen LogP contribution in [0.4, 0.5) is 0 Å². The first-order valence-electron chi connectivity index (χ1n) is 7.36. The standard InChI is InChI=1S/C16H24N2O2/c1-3-20-16(19)15(14-8-5-4-6-9-14)18-11-7-10-17(2)12-13-18/h4-6,8-9,15H,3,7,10-13H2,1-2H3. The fourth-order valence-electron chi connectivity index (χ4n) is 2.68. The Bertz CT molecular complexity index is 422. The highest BCUT2D eigenvalue weighted by atomic mass is 16.5. The van der Waals surface area contributed by atoms with Gasteiger partial charge in [-0.15, -0.1) is 0 Å². The summed E-state index contributed by atoms with van der Waals surface area (Å²) in [7, 11) is 2.13. The minimum Gasteiger partial charge on any atom is -0.465 e. The number of likely N-dealkylation sites (N-methyl/N-ethyl adjacent to an activating group) is 1. The molecule has 0 aromatic heterocycles. The van der Waals surface area contributed by atoms with E-state index in [9.17, 15) is 4.79 Å². The molecule has 1 aliphatic heterocycles. The van der Waals surface area contributed by atoms with Gasteiger partial charge in [0.1, 0.15) is 6.04 Å². The molecule has 0 bridgehead atoms. The molecule has 1 aromatic carbocycles. The zero-order valence-corrected chi connectivity index (χ0v) is 12.4. The lowest BCUT2D eigenvalue weighted by molar-refractivity contribution is -0.149. The summed E-state index contributed by atoms with van der Waals surface area (Å²) in [5.74, 6) is -0.136. The van der Waals surface area contributed by atoms with E-state index >= 15 is 0 Å². The molecule has 0 N–H and O–H groups in total. The molecule has 0 saturated carbocycles. The predicted octanol–water partition coefficient (Wildman–Crippen LogP) is 1.93. The van der Waals surface area contributed by atoms with Gasteiger partial charge >= 0.3 is 5.97 Å². The number of hydrogen-bond donors (Lipinski definition) is 0. The maximum absolute atomic E-state index is 12.4. The van der Waals surface area contributed by atoms with Gasteiger partial charge in [-0.1, -0.05) is 30.3 Å². The van der Waals surface area contributed by atoms with Gasteiger partial charge in [0.15, 0.2) is 0 Å². The predicted molar refractivity (Wildman–Crippen MR) is 79.5 cm³/mol. The molecule has 0 amide bonds. The van der Waals surface area contributed by atoms with Crippen molar-refractivity contribution < 1.29 is 9.53 Å². The number of benzene rings is 1. The van der Waals surface area contributed by atoms with Crippen molar-refractivity contribution in [2.45, 2.75) is 19.4 Å². The number of carbonyl (C=O) groups is 1. The van der Waals surface area contributed by atoms with Crippen LogP contribution in [0.1, 0.15) is 24.9 Å². The molecule has 1 unspecified atom stereocenters. The fraction of sp³-hybridized carbons (Fsp3) is 0.562. The Hall–Kier alpha value is -1.39. The van der Waals surface area contributed by atoms with Crippen molar-refractivity contribution in [1.82, 2.24) is 9.80 Å². The minimum atomic E-state index is -0.275. The van der Waals surface area contributed by atoms with Crippen molar-refractivity contribution in [3.05, 3.63) is 35.9 Å². The van der Waals surface area contributed by atoms with Gasteiger partial charge in [-0.2, -0.15) is 0 Å². The van der Waals surface area contributed by atoms with Gasteiger partial charge in [-0.05, 0) is 32.5 Å². The summed E-state index contributed by atoms with van der Waals surface area (Å²) in [6, 6.07) is 9.67. The van der Waals surface area contributed by atoms with Crippen LogP contribution in [0.5, 0.6) is 0 Å². The van der Waals surface area contributed by atoms with Crippen molar-refractivity contribution in [2.24, 2.45) is 0 Å². The molecule has 0 spiro atoms. The Morgan fingerprint density at radius 3 is 2.65 bits per heavy atom. The number of carbonyl (C=O) groups excluding carboxylic acids is 1. The Balaban J connectivity index is 2.19. The Kier molecular flexibility index (Phi) is 5.56. The molecule has 1 saturated heterocycles. The molecule has 1 aliphatic rings. The van der Waals surface area contributed by atoms with Crippen molar-refractivity contribution in [3.8, 4) is 0 Å². The molecule has 1 atom stereocenters. The maximum atomic E-state index is 12.4. The van der Waals surface area contributed by atoms with Gasteiger partial charge in [0.05, 0.1) is 6.61 Å². The number of rotatable bonds is 4. The van der Waals surface area contributed by atoms with Gasteiger partial charge in [0.25, 0.3) is 0 Å². The third kappa shape index (κ3) is 3.81. The van der Waals surface area contributed by atoms with E-state index in [-0.39, 0.29) is 12.0 Å². The van der Waals surface area contributed by atoms with E-state index in [0.717, 1.165) is 38.2 Å². The quantitative estimate of drug-likeness (QED) is 0.787. The molecule has 0 aliphatic carbocycles. The Labute approximate surface area is 121 Å². The summed E-state index contributed by atoms with van der Waals surface area (Å²) >= 11 is 0. The van der Waals surface area contributed by atoms with E-state index < -0.39 is 0 Å². The highest BCUT2D eigenvalue weighted by molar-refractivity contribution is 5.77. The first-order chi connectivity index (χ1) is 9.72. The SMILES string of the molecule is CCOC(=O)C(c1ccccc1)N1CCCN(C)CC1. The molecule has 4 nitrogen and oxygen atoms in total. The zero-order valence-electron chi connectivity index (χ0n) is 12.4. The highest BCUT2D eigenvalue weighted by Crippen LogP contribution is 2.23. The van der Waals surface area contributed by atoms with Crippen molar-refractivity contribution in [2.75, 3.05) is 39.8 Å². The molecule has 1 heterocycles. The zero-order chi connectivity index (χ0) is 14.4. The summed E-state index contributed by atoms with van der Waals surface area (Å²) in [6.45, 7) is 6.19. The average molecular weight is 276 g/mol. The van der Waals surface area contributed by atoms with Crippen molar-refractivity contribution in [3.63, 3.8) is 0 Å². The molecule has 20 heavy (non-hydrogen) atoms. The smallest absolute Gasteiger partial charge is 0.328 e. The fourth-order valence-corrected chi connectivity index (χ4v) is 2.68. The maximum Gasteiger partial charge on any atom is 0.328 e. The normalized spacial score (nSPS) is 19.3. The van der Waals surface area contributed by atoms with Crippen LogP contribution >= 0.6 is 0 Å². The molecule has 0 radical (unpaired) electrons. The second-order valence-electron chi connectivity index (χ2n) is 5.26. The van der Waals surface area contributed by atoms with Crippen LogP contribution in [0.15, 0.2) is 30.3 Å². The lowest BCUT2D eigenvalue weighted by Gasteiger charge is -2.29. The number of nitrogens with zero attached hydrogens (tertiary/aromatic N) is 2. The Morgan fingerprint density at radius 2 is 1.95 bits per heavy atom. The van der Waals surface area contributed by atoms with Crippen molar-refractivity contribution in [1.29, 1.82) is 0 Å². The second kappa shape index (κ2) is 7.41. The lowest BCUT2D eigenvalue weighted by Crippen LogP contribution is -2.37. The number of hydrogen-bond acceptors (Lipinski definition) is 4. The largest absolute Gasteiger partial charge is 0.465 e. The van der Waals surface area contributed by atoms with E-state index in [1.54, 1.807) is 0 Å². The summed E-state index contributed by atoms with van der Waals surface area (Å²) in [6.07, 6.45) is 1.08. The van der Waals surface area contributed by atoms with E-state index in [2.05, 4.69) is 16.8 Å². The van der Waals surface area contributed by atoms with Crippen LogP contribution in [0.25, 0.3) is 0 Å². The molecule has 1 aromatic rings. The van der Waals surface area contributed by atoms with E-state index in [4.69, 9.17) is 4.74 Å². The summed E-state index contributed by atoms with van der Waals surface area (Å²) < 4.78 is 5.29. The highest BCUT2D eigenvalue weighted by Gasteiger charge is 2.29. The van der Waals surface area contributed by atoms with Crippen LogP contribution in [-0.2, 0) is 9.53 Å². The van der Waals surface area contributed by atoms with Gasteiger partial charge in [0.2, 0.25) is 0 Å². The lowest BCUT2D eigenvalue weighted by atomic mass is 10.1. The van der Waals surface area contributed by atoms with Crippen LogP contribution in [0, 0.1) is 0 Å².